The van der Waals surface area contributed by atoms with Crippen molar-refractivity contribution < 1.29 is 23.7 Å². The fourth-order valence-corrected chi connectivity index (χ4v) is 6.33. The number of para-hydroxylation sites is 1. The van der Waals surface area contributed by atoms with Gasteiger partial charge in [-0.3, -0.25) is 9.36 Å². The second-order valence-electron chi connectivity index (χ2n) is 8.97. The van der Waals surface area contributed by atoms with Crippen LogP contribution in [0.15, 0.2) is 57.5 Å². The number of fused-ring (bicyclic) bond motifs is 1. The number of hydrogen-bond acceptors (Lipinski definition) is 8. The fraction of sp³-hybridized carbons (Fsp3) is 0.345. The number of esters is 1. The van der Waals surface area contributed by atoms with Crippen LogP contribution in [0, 0.1) is 3.57 Å². The zero-order valence-corrected chi connectivity index (χ0v) is 25.7. The minimum atomic E-state index is -0.757. The quantitative estimate of drug-likeness (QED) is 0.246. The number of ether oxygens (including phenoxy) is 4. The van der Waals surface area contributed by atoms with Crippen LogP contribution in [0.5, 0.6) is 17.2 Å². The highest BCUT2D eigenvalue weighted by atomic mass is 127. The van der Waals surface area contributed by atoms with E-state index < -0.39 is 12.0 Å². The molecular formula is C29H31IN2O6S. The molecule has 10 heteroatoms. The van der Waals surface area contributed by atoms with Gasteiger partial charge in [0, 0.05) is 5.56 Å². The summed E-state index contributed by atoms with van der Waals surface area (Å²) in [5.41, 5.74) is 2.03. The summed E-state index contributed by atoms with van der Waals surface area (Å²) in [6.07, 6.45) is 1.71. The molecule has 0 aliphatic carbocycles. The van der Waals surface area contributed by atoms with E-state index in [1.165, 1.54) is 11.3 Å². The van der Waals surface area contributed by atoms with Crippen molar-refractivity contribution in [1.29, 1.82) is 0 Å². The van der Waals surface area contributed by atoms with Crippen LogP contribution < -0.4 is 29.1 Å². The molecule has 206 valence electrons. The highest BCUT2D eigenvalue weighted by Crippen LogP contribution is 2.37. The molecule has 1 atom stereocenters. The average Bonchev–Trinajstić information content (AvgIpc) is 3.17. The number of carbonyl (C=O) groups excluding carboxylic acids is 1. The third-order valence-electron chi connectivity index (χ3n) is 5.93. The fourth-order valence-electron chi connectivity index (χ4n) is 4.44. The van der Waals surface area contributed by atoms with Crippen molar-refractivity contribution in [3.8, 4) is 17.2 Å². The van der Waals surface area contributed by atoms with E-state index in [2.05, 4.69) is 27.6 Å². The molecule has 2 aromatic carbocycles. The summed E-state index contributed by atoms with van der Waals surface area (Å²) in [7, 11) is 1.60. The van der Waals surface area contributed by atoms with Crippen molar-refractivity contribution in [2.45, 2.75) is 46.8 Å². The molecule has 1 aliphatic rings. The molecule has 2 heterocycles. The van der Waals surface area contributed by atoms with Crippen LogP contribution in [-0.4, -0.2) is 37.0 Å². The van der Waals surface area contributed by atoms with Crippen molar-refractivity contribution >= 4 is 46.0 Å². The summed E-state index contributed by atoms with van der Waals surface area (Å²) in [4.78, 5) is 32.4. The largest absolute Gasteiger partial charge is 0.492 e. The third-order valence-corrected chi connectivity index (χ3v) is 7.71. The van der Waals surface area contributed by atoms with Crippen molar-refractivity contribution in [2.24, 2.45) is 4.99 Å². The zero-order chi connectivity index (χ0) is 28.3. The average molecular weight is 663 g/mol. The molecule has 0 saturated carbocycles. The van der Waals surface area contributed by atoms with Crippen molar-refractivity contribution in [1.82, 2.24) is 4.57 Å². The van der Waals surface area contributed by atoms with Crippen molar-refractivity contribution in [2.75, 3.05) is 20.3 Å². The maximum Gasteiger partial charge on any atom is 0.338 e. The third kappa shape index (κ3) is 5.91. The van der Waals surface area contributed by atoms with Gasteiger partial charge in [0.25, 0.3) is 5.56 Å². The number of methoxy groups -OCH3 is 1. The van der Waals surface area contributed by atoms with Crippen LogP contribution in [0.4, 0.5) is 0 Å². The van der Waals surface area contributed by atoms with Gasteiger partial charge in [-0.1, -0.05) is 29.5 Å². The van der Waals surface area contributed by atoms with Gasteiger partial charge >= 0.3 is 5.97 Å². The van der Waals surface area contributed by atoms with E-state index >= 15 is 0 Å². The minimum absolute atomic E-state index is 0.102. The van der Waals surface area contributed by atoms with Gasteiger partial charge in [0.2, 0.25) is 0 Å². The van der Waals surface area contributed by atoms with E-state index in [9.17, 15) is 9.59 Å². The molecule has 4 rings (SSSR count). The van der Waals surface area contributed by atoms with Gasteiger partial charge in [-0.25, -0.2) is 9.79 Å². The van der Waals surface area contributed by atoms with Crippen LogP contribution in [-0.2, 0) is 9.53 Å². The molecular weight excluding hydrogens is 631 g/mol. The lowest BCUT2D eigenvalue weighted by atomic mass is 9.95. The minimum Gasteiger partial charge on any atom is -0.492 e. The van der Waals surface area contributed by atoms with Crippen LogP contribution in [0.25, 0.3) is 6.08 Å². The van der Waals surface area contributed by atoms with E-state index in [1.807, 2.05) is 63.2 Å². The number of halogens is 1. The predicted octanol–water partition coefficient (Wildman–Crippen LogP) is 4.60. The van der Waals surface area contributed by atoms with Crippen LogP contribution in [0.1, 0.15) is 51.8 Å². The van der Waals surface area contributed by atoms with E-state index in [1.54, 1.807) is 25.5 Å². The summed E-state index contributed by atoms with van der Waals surface area (Å²) >= 11 is 3.46. The number of rotatable bonds is 9. The lowest BCUT2D eigenvalue weighted by Crippen LogP contribution is -2.40. The Hall–Kier alpha value is -3.12. The summed E-state index contributed by atoms with van der Waals surface area (Å²) in [5, 5.41) is 0. The molecule has 1 aliphatic heterocycles. The molecule has 1 aromatic heterocycles. The Kier molecular flexibility index (Phi) is 9.16. The van der Waals surface area contributed by atoms with Gasteiger partial charge in [0.15, 0.2) is 16.3 Å². The molecule has 0 amide bonds. The second-order valence-corrected chi connectivity index (χ2v) is 11.1. The van der Waals surface area contributed by atoms with Crippen LogP contribution in [0.2, 0.25) is 0 Å². The van der Waals surface area contributed by atoms with Crippen molar-refractivity contribution in [3.63, 3.8) is 0 Å². The topological polar surface area (TPSA) is 88.4 Å². The first-order valence-corrected chi connectivity index (χ1v) is 14.5. The number of benzene rings is 2. The van der Waals surface area contributed by atoms with Gasteiger partial charge in [0.1, 0.15) is 11.8 Å². The van der Waals surface area contributed by atoms with E-state index in [4.69, 9.17) is 18.9 Å². The van der Waals surface area contributed by atoms with Crippen LogP contribution in [0.3, 0.4) is 0 Å². The zero-order valence-electron chi connectivity index (χ0n) is 22.7. The maximum absolute atomic E-state index is 14.0. The monoisotopic (exact) mass is 662 g/mol. The van der Waals surface area contributed by atoms with Crippen molar-refractivity contribution in [3.05, 3.63) is 82.1 Å². The molecule has 0 fully saturated rings. The molecule has 0 unspecified atom stereocenters. The van der Waals surface area contributed by atoms with Gasteiger partial charge in [-0.05, 0) is 87.0 Å². The molecule has 3 aromatic rings. The number of allylic oxidation sites excluding steroid dienone is 1. The lowest BCUT2D eigenvalue weighted by molar-refractivity contribution is -0.139. The Morgan fingerprint density at radius 3 is 2.59 bits per heavy atom. The van der Waals surface area contributed by atoms with Gasteiger partial charge in [-0.2, -0.15) is 0 Å². The summed E-state index contributed by atoms with van der Waals surface area (Å²) in [6, 6.07) is 10.5. The first-order chi connectivity index (χ1) is 18.7. The SMILES string of the molecule is CCOC(=O)C1=C(C)N=c2s/c(=C\c3cc(I)c(OC)c(OCC)c3)c(=O)n2[C@H]1c1ccccc1OC(C)C. The summed E-state index contributed by atoms with van der Waals surface area (Å²) in [5.74, 6) is 1.33. The van der Waals surface area contributed by atoms with Gasteiger partial charge in [0.05, 0.1) is 45.8 Å². The Morgan fingerprint density at radius 2 is 1.92 bits per heavy atom. The summed E-state index contributed by atoms with van der Waals surface area (Å²) < 4.78 is 25.7. The normalized spacial score (nSPS) is 15.2. The Balaban J connectivity index is 1.96. The highest BCUT2D eigenvalue weighted by Gasteiger charge is 2.35. The van der Waals surface area contributed by atoms with E-state index in [0.29, 0.717) is 50.0 Å². The number of carbonyl (C=O) groups is 1. The second kappa shape index (κ2) is 12.4. The molecule has 39 heavy (non-hydrogen) atoms. The Morgan fingerprint density at radius 1 is 1.18 bits per heavy atom. The number of aromatic nitrogens is 1. The van der Waals surface area contributed by atoms with E-state index in [0.717, 1.165) is 9.13 Å². The van der Waals surface area contributed by atoms with E-state index in [-0.39, 0.29) is 18.3 Å². The number of nitrogens with zero attached hydrogens (tertiary/aromatic N) is 2. The standard InChI is InChI=1S/C29H31IN2O6S/c1-7-36-22-14-18(13-20(30)26(22)35-6)15-23-27(33)32-25(19-11-9-10-12-21(19)38-16(3)4)24(28(34)37-8-2)17(5)31-29(32)39-23/h9-16,25H,7-8H2,1-6H3/b23-15-/t25-/m0/s1. The highest BCUT2D eigenvalue weighted by molar-refractivity contribution is 14.1. The molecule has 0 N–H and O–H groups in total. The summed E-state index contributed by atoms with van der Waals surface area (Å²) in [6.45, 7) is 9.97. The Labute approximate surface area is 244 Å². The van der Waals surface area contributed by atoms with Gasteiger partial charge in [-0.15, -0.1) is 0 Å². The molecule has 0 saturated heterocycles. The first-order valence-electron chi connectivity index (χ1n) is 12.7. The lowest BCUT2D eigenvalue weighted by Gasteiger charge is -2.26. The molecule has 0 bridgehead atoms. The van der Waals surface area contributed by atoms with Crippen LogP contribution >= 0.6 is 33.9 Å². The predicted molar refractivity (Wildman–Crippen MR) is 159 cm³/mol. The smallest absolute Gasteiger partial charge is 0.338 e. The van der Waals surface area contributed by atoms with Gasteiger partial charge < -0.3 is 18.9 Å². The Bertz CT molecular complexity index is 1600. The maximum atomic E-state index is 14.0. The molecule has 0 radical (unpaired) electrons. The number of hydrogen-bond donors (Lipinski definition) is 0. The molecule has 8 nitrogen and oxygen atoms in total. The first kappa shape index (κ1) is 28.9. The number of thiazole rings is 1. The molecule has 0 spiro atoms.